The standard InChI is InChI=1S/C23H26N4O/c1-16-9-10-19(13-17(16)2)27-22(25-11-5-6-12-25)20-14-26(15-21(20)24-27)23(28)18-7-3-4-8-18/h5-6,9-13,18H,3-4,7-8,14-15H2,1-2H3. The summed E-state index contributed by atoms with van der Waals surface area (Å²) in [5.41, 5.74) is 5.79. The lowest BCUT2D eigenvalue weighted by Crippen LogP contribution is -2.31. The number of rotatable bonds is 3. The molecule has 3 heterocycles. The molecule has 1 saturated carbocycles. The maximum absolute atomic E-state index is 12.9. The van der Waals surface area contributed by atoms with Gasteiger partial charge in [-0.05, 0) is 62.1 Å². The first-order chi connectivity index (χ1) is 13.6. The van der Waals surface area contributed by atoms with Crippen LogP contribution in [0.2, 0.25) is 0 Å². The maximum Gasteiger partial charge on any atom is 0.226 e. The average molecular weight is 374 g/mol. The van der Waals surface area contributed by atoms with Crippen molar-refractivity contribution in [1.29, 1.82) is 0 Å². The van der Waals surface area contributed by atoms with Crippen molar-refractivity contribution in [3.05, 3.63) is 65.1 Å². The molecule has 144 valence electrons. The maximum atomic E-state index is 12.9. The Hall–Kier alpha value is -2.82. The van der Waals surface area contributed by atoms with Gasteiger partial charge in [-0.2, -0.15) is 5.10 Å². The number of aryl methyl sites for hydroxylation is 2. The minimum absolute atomic E-state index is 0.214. The van der Waals surface area contributed by atoms with Crippen LogP contribution in [0.1, 0.15) is 48.1 Å². The van der Waals surface area contributed by atoms with E-state index in [-0.39, 0.29) is 5.92 Å². The fraction of sp³-hybridized carbons (Fsp3) is 0.391. The van der Waals surface area contributed by atoms with Gasteiger partial charge in [-0.1, -0.05) is 18.9 Å². The van der Waals surface area contributed by atoms with Crippen molar-refractivity contribution < 1.29 is 4.79 Å². The SMILES string of the molecule is Cc1ccc(-n2nc3c(c2-n2cccc2)CN(C(=O)C2CCCC2)C3)cc1C. The lowest BCUT2D eigenvalue weighted by atomic mass is 10.1. The molecule has 1 aromatic carbocycles. The van der Waals surface area contributed by atoms with Crippen LogP contribution in [0.25, 0.3) is 11.5 Å². The third-order valence-corrected chi connectivity index (χ3v) is 6.33. The molecular weight excluding hydrogens is 348 g/mol. The van der Waals surface area contributed by atoms with Crippen LogP contribution in [0.5, 0.6) is 0 Å². The zero-order valence-corrected chi connectivity index (χ0v) is 16.6. The number of fused-ring (bicyclic) bond motifs is 1. The van der Waals surface area contributed by atoms with Crippen molar-refractivity contribution in [2.45, 2.75) is 52.6 Å². The van der Waals surface area contributed by atoms with Crippen molar-refractivity contribution in [1.82, 2.24) is 19.2 Å². The second-order valence-electron chi connectivity index (χ2n) is 8.20. The molecule has 0 unspecified atom stereocenters. The van der Waals surface area contributed by atoms with Gasteiger partial charge in [0.25, 0.3) is 0 Å². The van der Waals surface area contributed by atoms with Crippen molar-refractivity contribution in [2.24, 2.45) is 5.92 Å². The number of carbonyl (C=O) groups excluding carboxylic acids is 1. The summed E-state index contributed by atoms with van der Waals surface area (Å²) in [7, 11) is 0. The summed E-state index contributed by atoms with van der Waals surface area (Å²) in [6.45, 7) is 5.54. The zero-order valence-electron chi connectivity index (χ0n) is 16.6. The molecule has 0 radical (unpaired) electrons. The van der Waals surface area contributed by atoms with Crippen LogP contribution in [0.4, 0.5) is 0 Å². The van der Waals surface area contributed by atoms with Gasteiger partial charge in [-0.3, -0.25) is 4.79 Å². The van der Waals surface area contributed by atoms with E-state index < -0.39 is 0 Å². The van der Waals surface area contributed by atoms with E-state index >= 15 is 0 Å². The van der Waals surface area contributed by atoms with E-state index in [4.69, 9.17) is 5.10 Å². The van der Waals surface area contributed by atoms with Crippen LogP contribution in [-0.4, -0.2) is 25.2 Å². The summed E-state index contributed by atoms with van der Waals surface area (Å²) in [4.78, 5) is 14.9. The molecule has 1 fully saturated rings. The third-order valence-electron chi connectivity index (χ3n) is 6.33. The summed E-state index contributed by atoms with van der Waals surface area (Å²) < 4.78 is 4.15. The summed E-state index contributed by atoms with van der Waals surface area (Å²) in [5.74, 6) is 1.57. The molecule has 2 aliphatic rings. The highest BCUT2D eigenvalue weighted by molar-refractivity contribution is 5.80. The fourth-order valence-corrected chi connectivity index (χ4v) is 4.57. The van der Waals surface area contributed by atoms with E-state index in [0.29, 0.717) is 19.0 Å². The van der Waals surface area contributed by atoms with Crippen LogP contribution in [-0.2, 0) is 17.9 Å². The first kappa shape index (κ1) is 17.3. The number of benzene rings is 1. The Labute approximate surface area is 165 Å². The molecule has 0 atom stereocenters. The smallest absolute Gasteiger partial charge is 0.226 e. The quantitative estimate of drug-likeness (QED) is 0.685. The van der Waals surface area contributed by atoms with E-state index in [1.807, 2.05) is 21.7 Å². The van der Waals surface area contributed by atoms with Gasteiger partial charge in [0.15, 0.2) is 0 Å². The Morgan fingerprint density at radius 1 is 1.04 bits per heavy atom. The highest BCUT2D eigenvalue weighted by atomic mass is 16.2. The molecule has 5 rings (SSSR count). The van der Waals surface area contributed by atoms with Gasteiger partial charge >= 0.3 is 0 Å². The molecule has 3 aromatic rings. The minimum atomic E-state index is 0.214. The number of carbonyl (C=O) groups is 1. The summed E-state index contributed by atoms with van der Waals surface area (Å²) in [6, 6.07) is 10.5. The molecule has 0 saturated heterocycles. The Balaban J connectivity index is 1.54. The van der Waals surface area contributed by atoms with Gasteiger partial charge in [-0.15, -0.1) is 0 Å². The number of nitrogens with zero attached hydrogens (tertiary/aromatic N) is 4. The first-order valence-corrected chi connectivity index (χ1v) is 10.2. The zero-order chi connectivity index (χ0) is 19.3. The van der Waals surface area contributed by atoms with Gasteiger partial charge < -0.3 is 9.47 Å². The lowest BCUT2D eigenvalue weighted by molar-refractivity contribution is -0.136. The van der Waals surface area contributed by atoms with Crippen molar-refractivity contribution in [3.8, 4) is 11.5 Å². The molecule has 0 N–H and O–H groups in total. The minimum Gasteiger partial charge on any atom is -0.332 e. The van der Waals surface area contributed by atoms with Crippen LogP contribution >= 0.6 is 0 Å². The molecular formula is C23H26N4O. The van der Waals surface area contributed by atoms with Gasteiger partial charge in [0, 0.05) is 23.9 Å². The fourth-order valence-electron chi connectivity index (χ4n) is 4.57. The predicted octanol–water partition coefficient (Wildman–Crippen LogP) is 4.31. The molecule has 1 aliphatic carbocycles. The molecule has 0 spiro atoms. The van der Waals surface area contributed by atoms with Crippen LogP contribution < -0.4 is 0 Å². The second-order valence-corrected chi connectivity index (χ2v) is 8.20. The van der Waals surface area contributed by atoms with Gasteiger partial charge in [0.1, 0.15) is 5.82 Å². The molecule has 1 aliphatic heterocycles. The topological polar surface area (TPSA) is 43.1 Å². The number of amides is 1. The van der Waals surface area contributed by atoms with Crippen molar-refractivity contribution >= 4 is 5.91 Å². The van der Waals surface area contributed by atoms with E-state index in [1.165, 1.54) is 29.5 Å². The largest absolute Gasteiger partial charge is 0.332 e. The van der Waals surface area contributed by atoms with E-state index in [2.05, 4.69) is 49.0 Å². The van der Waals surface area contributed by atoms with E-state index in [1.54, 1.807) is 0 Å². The highest BCUT2D eigenvalue weighted by Gasteiger charge is 2.35. The number of hydrogen-bond donors (Lipinski definition) is 0. The first-order valence-electron chi connectivity index (χ1n) is 10.2. The van der Waals surface area contributed by atoms with Gasteiger partial charge in [0.05, 0.1) is 24.5 Å². The molecule has 28 heavy (non-hydrogen) atoms. The van der Waals surface area contributed by atoms with Gasteiger partial charge in [0.2, 0.25) is 5.91 Å². The predicted molar refractivity (Wildman–Crippen MR) is 109 cm³/mol. The highest BCUT2D eigenvalue weighted by Crippen LogP contribution is 2.34. The Kier molecular flexibility index (Phi) is 4.11. The molecule has 5 heteroatoms. The van der Waals surface area contributed by atoms with Crippen LogP contribution in [0, 0.1) is 19.8 Å². The van der Waals surface area contributed by atoms with Crippen LogP contribution in [0.3, 0.4) is 0 Å². The number of hydrogen-bond acceptors (Lipinski definition) is 2. The average Bonchev–Trinajstić information content (AvgIpc) is 3.46. The van der Waals surface area contributed by atoms with E-state index in [0.717, 1.165) is 30.0 Å². The Bertz CT molecular complexity index is 1030. The van der Waals surface area contributed by atoms with E-state index in [9.17, 15) is 4.79 Å². The molecule has 0 bridgehead atoms. The Morgan fingerprint density at radius 2 is 1.79 bits per heavy atom. The van der Waals surface area contributed by atoms with Gasteiger partial charge in [-0.25, -0.2) is 4.68 Å². The summed E-state index contributed by atoms with van der Waals surface area (Å²) in [6.07, 6.45) is 8.55. The Morgan fingerprint density at radius 3 is 2.50 bits per heavy atom. The molecule has 5 nitrogen and oxygen atoms in total. The number of aromatic nitrogens is 3. The van der Waals surface area contributed by atoms with Crippen LogP contribution in [0.15, 0.2) is 42.7 Å². The lowest BCUT2D eigenvalue weighted by Gasteiger charge is -2.21. The normalized spacial score (nSPS) is 16.7. The molecule has 2 aromatic heterocycles. The summed E-state index contributed by atoms with van der Waals surface area (Å²) in [5, 5.41) is 4.95. The summed E-state index contributed by atoms with van der Waals surface area (Å²) >= 11 is 0. The van der Waals surface area contributed by atoms with Crippen molar-refractivity contribution in [3.63, 3.8) is 0 Å². The second kappa shape index (κ2) is 6.66. The van der Waals surface area contributed by atoms with Crippen molar-refractivity contribution in [2.75, 3.05) is 0 Å². The monoisotopic (exact) mass is 374 g/mol. The third kappa shape index (κ3) is 2.77. The molecule has 1 amide bonds.